The molecule has 270 valence electrons. The van der Waals surface area contributed by atoms with Crippen LogP contribution in [0.15, 0.2) is 35.4 Å². The normalized spacial score (nSPS) is 23.7. The van der Waals surface area contributed by atoms with Crippen LogP contribution in [0.4, 0.5) is 5.95 Å². The van der Waals surface area contributed by atoms with E-state index in [1.54, 1.807) is 10.9 Å². The number of rotatable bonds is 10. The predicted octanol–water partition coefficient (Wildman–Crippen LogP) is 7.10. The van der Waals surface area contributed by atoms with Crippen molar-refractivity contribution in [1.82, 2.24) is 19.5 Å². The summed E-state index contributed by atoms with van der Waals surface area (Å²) in [5.41, 5.74) is 1.76. The Labute approximate surface area is 297 Å². The maximum Gasteiger partial charge on any atom is 0.358 e. The lowest BCUT2D eigenvalue weighted by Gasteiger charge is -2.51. The zero-order valence-electron chi connectivity index (χ0n) is 30.6. The van der Waals surface area contributed by atoms with Gasteiger partial charge in [-0.2, -0.15) is 4.98 Å². The lowest BCUT2D eigenvalue weighted by molar-refractivity contribution is -0.0569. The first-order valence-corrected chi connectivity index (χ1v) is 21.8. The average Bonchev–Trinajstić information content (AvgIpc) is 3.57. The van der Waals surface area contributed by atoms with E-state index in [-0.39, 0.29) is 45.1 Å². The molecule has 3 aromatic rings. The molecule has 0 aliphatic carbocycles. The van der Waals surface area contributed by atoms with Crippen molar-refractivity contribution >= 4 is 51.7 Å². The highest BCUT2D eigenvalue weighted by Crippen LogP contribution is 2.49. The van der Waals surface area contributed by atoms with Crippen molar-refractivity contribution in [2.24, 2.45) is 5.92 Å². The number of nitrogens with zero attached hydrogens (tertiary/aromatic N) is 3. The number of imidazole rings is 1. The van der Waals surface area contributed by atoms with E-state index >= 15 is 0 Å². The topological polar surface area (TPSA) is 131 Å². The number of aryl methyl sites for hydroxylation is 1. The summed E-state index contributed by atoms with van der Waals surface area (Å²) in [7, 11) is -5.90. The van der Waals surface area contributed by atoms with E-state index in [0.717, 1.165) is 5.56 Å². The number of aromatic amines is 1. The van der Waals surface area contributed by atoms with Crippen LogP contribution in [0.3, 0.4) is 0 Å². The fourth-order valence-corrected chi connectivity index (χ4v) is 18.2. The van der Waals surface area contributed by atoms with Gasteiger partial charge in [0.2, 0.25) is 5.95 Å². The summed E-state index contributed by atoms with van der Waals surface area (Å²) < 4.78 is 42.9. The van der Waals surface area contributed by atoms with Gasteiger partial charge in [-0.1, -0.05) is 86.9 Å². The summed E-state index contributed by atoms with van der Waals surface area (Å²) in [6, 6.07) is 7.57. The third-order valence-corrected chi connectivity index (χ3v) is 19.9. The number of benzene rings is 1. The van der Waals surface area contributed by atoms with Crippen LogP contribution >= 0.6 is 12.2 Å². The minimum absolute atomic E-state index is 0.0820. The maximum atomic E-state index is 13.2. The Morgan fingerprint density at radius 1 is 1.02 bits per heavy atom. The van der Waals surface area contributed by atoms with E-state index in [2.05, 4.69) is 84.5 Å². The second-order valence-corrected chi connectivity index (χ2v) is 24.1. The van der Waals surface area contributed by atoms with Gasteiger partial charge in [-0.25, -0.2) is 4.98 Å². The Morgan fingerprint density at radius 3 is 2.24 bits per heavy atom. The molecule has 2 saturated heterocycles. The van der Waals surface area contributed by atoms with Gasteiger partial charge in [0, 0.05) is 18.8 Å². The quantitative estimate of drug-likeness (QED) is 0.164. The number of ether oxygens (including phenoxy) is 3. The van der Waals surface area contributed by atoms with Gasteiger partial charge in [-0.15, -0.1) is 0 Å². The standard InChI is InChI=1S/C34H53N5O7SSi2/c1-19(2)16-35-33-37-30-27(31(40)38-33)36-18-39(30)32-29(44-34(47)42-25-14-12-24(11)13-15-25)28-26(43-32)17-41-48(20(3)4,21(5)6)46-49(45-28,22(7)8)23(9)10/h12-15,18-23,26,28-29,32H,16-17H2,1-11H3,(H2,35,37,38,40)/t26?,28-,29+,32+/m0/s1. The molecule has 2 aliphatic heterocycles. The van der Waals surface area contributed by atoms with Crippen molar-refractivity contribution in [2.45, 2.75) is 123 Å². The molecule has 5 rings (SSSR count). The molecule has 0 bridgehead atoms. The fraction of sp³-hybridized carbons (Fsp3) is 0.647. The Morgan fingerprint density at radius 2 is 1.65 bits per heavy atom. The first-order valence-electron chi connectivity index (χ1n) is 17.4. The number of H-pyrrole nitrogens is 1. The number of thiocarbonyl (C=S) groups is 1. The third kappa shape index (κ3) is 7.53. The number of hydrogen-bond donors (Lipinski definition) is 2. The first kappa shape index (κ1) is 37.6. The Kier molecular flexibility index (Phi) is 11.4. The second kappa shape index (κ2) is 14.9. The number of hydrogen-bond acceptors (Lipinski definition) is 11. The largest absolute Gasteiger partial charge is 0.446 e. The maximum absolute atomic E-state index is 13.2. The van der Waals surface area contributed by atoms with Crippen LogP contribution in [-0.4, -0.2) is 73.3 Å². The highest BCUT2D eigenvalue weighted by Gasteiger charge is 2.62. The molecule has 49 heavy (non-hydrogen) atoms. The van der Waals surface area contributed by atoms with Gasteiger partial charge in [-0.3, -0.25) is 14.3 Å². The summed E-state index contributed by atoms with van der Waals surface area (Å²) in [5, 5.41) is 3.14. The Bertz CT molecular complexity index is 1650. The zero-order valence-corrected chi connectivity index (χ0v) is 33.4. The van der Waals surface area contributed by atoms with E-state index in [0.29, 0.717) is 29.8 Å². The first-order chi connectivity index (χ1) is 23.1. The summed E-state index contributed by atoms with van der Waals surface area (Å²) in [5.74, 6) is 1.23. The van der Waals surface area contributed by atoms with Crippen molar-refractivity contribution in [1.29, 1.82) is 0 Å². The molecule has 2 aliphatic rings. The van der Waals surface area contributed by atoms with Gasteiger partial charge in [0.15, 0.2) is 23.5 Å². The van der Waals surface area contributed by atoms with Gasteiger partial charge >= 0.3 is 22.4 Å². The smallest absolute Gasteiger partial charge is 0.358 e. The Balaban J connectivity index is 1.61. The summed E-state index contributed by atoms with van der Waals surface area (Å²) in [4.78, 5) is 25.2. The van der Waals surface area contributed by atoms with Crippen LogP contribution in [0.25, 0.3) is 11.2 Å². The van der Waals surface area contributed by atoms with Gasteiger partial charge in [0.1, 0.15) is 18.0 Å². The summed E-state index contributed by atoms with van der Waals surface area (Å²) in [6.45, 7) is 24.4. The van der Waals surface area contributed by atoms with Crippen molar-refractivity contribution in [2.75, 3.05) is 18.5 Å². The van der Waals surface area contributed by atoms with Crippen LogP contribution < -0.4 is 15.6 Å². The van der Waals surface area contributed by atoms with Gasteiger partial charge < -0.3 is 32.5 Å². The van der Waals surface area contributed by atoms with Crippen molar-refractivity contribution < 1.29 is 27.2 Å². The SMILES string of the molecule is Cc1ccc(OC(=S)O[C@H]2[C@H](n3cnc4c(=O)[nH]c(NCC(C)C)nc43)OC3CO[Si](C(C)C)(C(C)C)O[Si](C(C)C)(C(C)C)O[C@@H]32)cc1. The van der Waals surface area contributed by atoms with E-state index in [4.69, 9.17) is 44.4 Å². The van der Waals surface area contributed by atoms with Crippen LogP contribution in [0.2, 0.25) is 22.2 Å². The molecule has 2 N–H and O–H groups in total. The molecule has 0 radical (unpaired) electrons. The van der Waals surface area contributed by atoms with Crippen LogP contribution in [0.1, 0.15) is 81.0 Å². The number of nitrogens with one attached hydrogen (secondary N) is 2. The van der Waals surface area contributed by atoms with Crippen LogP contribution in [0, 0.1) is 12.8 Å². The van der Waals surface area contributed by atoms with E-state index < -0.39 is 41.7 Å². The highest BCUT2D eigenvalue weighted by atomic mass is 32.1. The summed E-state index contributed by atoms with van der Waals surface area (Å²) >= 11 is 5.70. The van der Waals surface area contributed by atoms with E-state index in [1.807, 2.05) is 31.2 Å². The monoisotopic (exact) mass is 731 g/mol. The molecule has 2 aromatic heterocycles. The van der Waals surface area contributed by atoms with E-state index in [9.17, 15) is 4.79 Å². The molecule has 4 heterocycles. The molecular formula is C34H53N5O7SSi2. The van der Waals surface area contributed by atoms with Crippen LogP contribution in [0.5, 0.6) is 5.75 Å². The molecular weight excluding hydrogens is 679 g/mol. The van der Waals surface area contributed by atoms with Crippen LogP contribution in [-0.2, 0) is 22.4 Å². The fourth-order valence-electron chi connectivity index (χ4n) is 6.81. The molecule has 0 amide bonds. The molecule has 0 saturated carbocycles. The van der Waals surface area contributed by atoms with Gasteiger partial charge in [-0.05, 0) is 47.1 Å². The molecule has 2 fully saturated rings. The minimum Gasteiger partial charge on any atom is -0.446 e. The molecule has 15 heteroatoms. The lowest BCUT2D eigenvalue weighted by atomic mass is 10.1. The number of anilines is 1. The molecule has 4 atom stereocenters. The van der Waals surface area contributed by atoms with Gasteiger partial charge in [0.05, 0.1) is 12.9 Å². The number of fused-ring (bicyclic) bond motifs is 2. The average molecular weight is 732 g/mol. The van der Waals surface area contributed by atoms with E-state index in [1.165, 1.54) is 0 Å². The molecule has 12 nitrogen and oxygen atoms in total. The highest BCUT2D eigenvalue weighted by molar-refractivity contribution is 7.79. The predicted molar refractivity (Wildman–Crippen MR) is 198 cm³/mol. The van der Waals surface area contributed by atoms with Crippen molar-refractivity contribution in [3.63, 3.8) is 0 Å². The molecule has 1 unspecified atom stereocenters. The minimum atomic E-state index is -3.06. The zero-order chi connectivity index (χ0) is 35.8. The third-order valence-electron chi connectivity index (χ3n) is 9.46. The summed E-state index contributed by atoms with van der Waals surface area (Å²) in [6.07, 6.45) is -1.30. The van der Waals surface area contributed by atoms with Crippen molar-refractivity contribution in [3.8, 4) is 5.75 Å². The molecule has 1 aromatic carbocycles. The second-order valence-electron chi connectivity index (χ2n) is 14.9. The van der Waals surface area contributed by atoms with Crippen molar-refractivity contribution in [3.05, 3.63) is 46.5 Å². The Hall–Kier alpha value is -2.67. The molecule has 0 spiro atoms. The lowest BCUT2D eigenvalue weighted by Crippen LogP contribution is -2.66. The van der Waals surface area contributed by atoms with Gasteiger partial charge in [0.25, 0.3) is 5.56 Å². The number of aromatic nitrogens is 4.